The second kappa shape index (κ2) is 9.32. The van der Waals surface area contributed by atoms with Gasteiger partial charge in [-0.2, -0.15) is 0 Å². The van der Waals surface area contributed by atoms with E-state index in [2.05, 4.69) is 0 Å². The lowest BCUT2D eigenvalue weighted by atomic mass is 9.99. The summed E-state index contributed by atoms with van der Waals surface area (Å²) in [6.07, 6.45) is 2.97. The molecule has 120 valence electrons. The van der Waals surface area contributed by atoms with Crippen molar-refractivity contribution in [3.05, 3.63) is 0 Å². The van der Waals surface area contributed by atoms with Gasteiger partial charge in [0.1, 0.15) is 17.9 Å². The molecule has 0 rings (SSSR count). The van der Waals surface area contributed by atoms with Crippen molar-refractivity contribution >= 4 is 5.97 Å². The van der Waals surface area contributed by atoms with E-state index in [4.69, 9.17) is 19.9 Å². The molecule has 0 radical (unpaired) electrons. The first-order chi connectivity index (χ1) is 9.28. The first-order valence-electron chi connectivity index (χ1n) is 7.51. The van der Waals surface area contributed by atoms with Crippen LogP contribution in [0.2, 0.25) is 0 Å². The summed E-state index contributed by atoms with van der Waals surface area (Å²) in [6, 6.07) is 0. The Morgan fingerprint density at radius 2 is 1.75 bits per heavy atom. The maximum Gasteiger partial charge on any atom is 0.332 e. The number of ether oxygens (including phenoxy) is 3. The van der Waals surface area contributed by atoms with Gasteiger partial charge in [-0.05, 0) is 33.1 Å². The Bertz CT molecular complexity index is 281. The van der Waals surface area contributed by atoms with Gasteiger partial charge in [0.15, 0.2) is 0 Å². The van der Waals surface area contributed by atoms with Gasteiger partial charge in [-0.15, -0.1) is 0 Å². The van der Waals surface area contributed by atoms with Crippen LogP contribution in [-0.2, 0) is 19.0 Å². The van der Waals surface area contributed by atoms with Gasteiger partial charge in [0.25, 0.3) is 0 Å². The zero-order valence-corrected chi connectivity index (χ0v) is 13.7. The number of hydrogen-bond acceptors (Lipinski definition) is 5. The molecule has 2 atom stereocenters. The quantitative estimate of drug-likeness (QED) is 0.360. The van der Waals surface area contributed by atoms with Crippen molar-refractivity contribution in [3.63, 3.8) is 0 Å². The summed E-state index contributed by atoms with van der Waals surface area (Å²) in [4.78, 5) is 11.7. The number of carbonyl (C=O) groups excluding carboxylic acids is 1. The predicted molar refractivity (Wildman–Crippen MR) is 79.4 cm³/mol. The van der Waals surface area contributed by atoms with Gasteiger partial charge in [0.2, 0.25) is 0 Å². The SMILES string of the molecule is CCCOCC(=O)OC(C)(CC)CCOC(C)(N)CC. The van der Waals surface area contributed by atoms with Gasteiger partial charge in [0, 0.05) is 13.0 Å². The fourth-order valence-electron chi connectivity index (χ4n) is 1.51. The van der Waals surface area contributed by atoms with Gasteiger partial charge < -0.3 is 19.9 Å². The first-order valence-corrected chi connectivity index (χ1v) is 7.51. The van der Waals surface area contributed by atoms with E-state index in [1.165, 1.54) is 0 Å². The lowest BCUT2D eigenvalue weighted by Gasteiger charge is -2.30. The molecule has 2 unspecified atom stereocenters. The van der Waals surface area contributed by atoms with Gasteiger partial charge >= 0.3 is 5.97 Å². The zero-order chi connectivity index (χ0) is 15.6. The molecule has 0 bridgehead atoms. The molecule has 0 spiro atoms. The summed E-state index contributed by atoms with van der Waals surface area (Å²) in [5.74, 6) is -0.325. The van der Waals surface area contributed by atoms with Crippen molar-refractivity contribution in [1.82, 2.24) is 0 Å². The molecule has 2 N–H and O–H groups in total. The van der Waals surface area contributed by atoms with E-state index in [1.54, 1.807) is 0 Å². The van der Waals surface area contributed by atoms with Crippen LogP contribution in [0.1, 0.15) is 60.3 Å². The smallest absolute Gasteiger partial charge is 0.332 e. The van der Waals surface area contributed by atoms with E-state index < -0.39 is 11.3 Å². The second-order valence-corrected chi connectivity index (χ2v) is 5.59. The van der Waals surface area contributed by atoms with Gasteiger partial charge in [0.05, 0.1) is 6.61 Å². The Morgan fingerprint density at radius 3 is 2.25 bits per heavy atom. The number of nitrogens with two attached hydrogens (primary N) is 1. The molecule has 20 heavy (non-hydrogen) atoms. The van der Waals surface area contributed by atoms with Crippen LogP contribution in [0.25, 0.3) is 0 Å². The minimum atomic E-state index is -0.622. The largest absolute Gasteiger partial charge is 0.458 e. The third-order valence-corrected chi connectivity index (χ3v) is 3.44. The van der Waals surface area contributed by atoms with Crippen LogP contribution in [0.15, 0.2) is 0 Å². The highest BCUT2D eigenvalue weighted by atomic mass is 16.6. The van der Waals surface area contributed by atoms with Crippen LogP contribution in [0.5, 0.6) is 0 Å². The van der Waals surface area contributed by atoms with Crippen molar-refractivity contribution in [3.8, 4) is 0 Å². The highest BCUT2D eigenvalue weighted by Gasteiger charge is 2.28. The molecule has 0 amide bonds. The molecule has 0 saturated heterocycles. The van der Waals surface area contributed by atoms with Gasteiger partial charge in [-0.1, -0.05) is 20.8 Å². The maximum absolute atomic E-state index is 11.7. The predicted octanol–water partition coefficient (Wildman–Crippen LogP) is 2.62. The Balaban J connectivity index is 4.15. The number of esters is 1. The molecule has 0 aromatic carbocycles. The van der Waals surface area contributed by atoms with Crippen molar-refractivity contribution in [2.75, 3.05) is 19.8 Å². The van der Waals surface area contributed by atoms with Crippen molar-refractivity contribution < 1.29 is 19.0 Å². The lowest BCUT2D eigenvalue weighted by molar-refractivity contribution is -0.167. The van der Waals surface area contributed by atoms with E-state index in [0.29, 0.717) is 19.6 Å². The third kappa shape index (κ3) is 8.51. The van der Waals surface area contributed by atoms with Crippen molar-refractivity contribution in [2.45, 2.75) is 71.6 Å². The molecular weight excluding hydrogens is 258 g/mol. The molecule has 5 heteroatoms. The zero-order valence-electron chi connectivity index (χ0n) is 13.7. The topological polar surface area (TPSA) is 70.8 Å². The normalized spacial score (nSPS) is 17.3. The van der Waals surface area contributed by atoms with Crippen LogP contribution in [-0.4, -0.2) is 37.1 Å². The fraction of sp³-hybridized carbons (Fsp3) is 0.933. The molecule has 0 saturated carbocycles. The minimum absolute atomic E-state index is 0.00779. The molecule has 0 aromatic heterocycles. The average Bonchev–Trinajstić information content (AvgIpc) is 2.38. The Kier molecular flexibility index (Phi) is 9.01. The fourth-order valence-corrected chi connectivity index (χ4v) is 1.51. The standard InChI is InChI=1S/C15H31NO4/c1-6-10-18-12-13(17)20-14(4,7-2)9-11-19-15(5,16)8-3/h6-12,16H2,1-5H3. The summed E-state index contributed by atoms with van der Waals surface area (Å²) >= 11 is 0. The van der Waals surface area contributed by atoms with Crippen LogP contribution in [0.4, 0.5) is 0 Å². The van der Waals surface area contributed by atoms with Crippen LogP contribution in [0, 0.1) is 0 Å². The van der Waals surface area contributed by atoms with E-state index in [1.807, 2.05) is 34.6 Å². The molecule has 0 fully saturated rings. The molecule has 0 heterocycles. The van der Waals surface area contributed by atoms with Crippen LogP contribution >= 0.6 is 0 Å². The second-order valence-electron chi connectivity index (χ2n) is 5.59. The third-order valence-electron chi connectivity index (χ3n) is 3.44. The molecular formula is C15H31NO4. The van der Waals surface area contributed by atoms with E-state index in [0.717, 1.165) is 19.3 Å². The first kappa shape index (κ1) is 19.4. The number of rotatable bonds is 11. The molecule has 5 nitrogen and oxygen atoms in total. The molecule has 0 aliphatic rings. The Hall–Kier alpha value is -0.650. The molecule has 0 aromatic rings. The van der Waals surface area contributed by atoms with Gasteiger partial charge in [-0.25, -0.2) is 4.79 Å². The van der Waals surface area contributed by atoms with Crippen molar-refractivity contribution in [1.29, 1.82) is 0 Å². The molecule has 0 aliphatic heterocycles. The molecule has 0 aliphatic carbocycles. The van der Waals surface area contributed by atoms with Gasteiger partial charge in [-0.3, -0.25) is 0 Å². The van der Waals surface area contributed by atoms with E-state index in [9.17, 15) is 4.79 Å². The minimum Gasteiger partial charge on any atom is -0.458 e. The summed E-state index contributed by atoms with van der Waals surface area (Å²) in [6.45, 7) is 10.8. The summed E-state index contributed by atoms with van der Waals surface area (Å²) < 4.78 is 16.3. The number of carbonyl (C=O) groups is 1. The highest BCUT2D eigenvalue weighted by Crippen LogP contribution is 2.21. The Labute approximate surface area is 123 Å². The summed E-state index contributed by atoms with van der Waals surface area (Å²) in [5.41, 5.74) is 4.77. The average molecular weight is 289 g/mol. The lowest BCUT2D eigenvalue weighted by Crippen LogP contribution is -2.41. The Morgan fingerprint density at radius 1 is 1.10 bits per heavy atom. The summed E-state index contributed by atoms with van der Waals surface area (Å²) in [5, 5.41) is 0. The van der Waals surface area contributed by atoms with Crippen LogP contribution in [0.3, 0.4) is 0 Å². The van der Waals surface area contributed by atoms with E-state index >= 15 is 0 Å². The maximum atomic E-state index is 11.7. The number of hydrogen-bond donors (Lipinski definition) is 1. The highest BCUT2D eigenvalue weighted by molar-refractivity contribution is 5.71. The summed E-state index contributed by atoms with van der Waals surface area (Å²) in [7, 11) is 0. The van der Waals surface area contributed by atoms with Crippen molar-refractivity contribution in [2.24, 2.45) is 5.73 Å². The monoisotopic (exact) mass is 289 g/mol. The van der Waals surface area contributed by atoms with E-state index in [-0.39, 0.29) is 12.6 Å². The van der Waals surface area contributed by atoms with Crippen LogP contribution < -0.4 is 5.73 Å².